The lowest BCUT2D eigenvalue weighted by atomic mass is 10.2. The molecule has 0 N–H and O–H groups in total. The Morgan fingerprint density at radius 1 is 1.22 bits per heavy atom. The standard InChI is InChI=1S/C12H16ClN5/c1-3-9-8(2)14-11-15-12(16-18(11)10(9)13)17-6-4-5-7-17/h3-7H2,1-2H3. The highest BCUT2D eigenvalue weighted by atomic mass is 35.5. The maximum Gasteiger partial charge on any atom is 0.255 e. The first-order valence-corrected chi connectivity index (χ1v) is 6.75. The molecule has 2 aromatic rings. The highest BCUT2D eigenvalue weighted by molar-refractivity contribution is 6.30. The van der Waals surface area contributed by atoms with Crippen LogP contribution in [0.5, 0.6) is 0 Å². The summed E-state index contributed by atoms with van der Waals surface area (Å²) in [5.74, 6) is 1.34. The quantitative estimate of drug-likeness (QED) is 0.782. The summed E-state index contributed by atoms with van der Waals surface area (Å²) in [4.78, 5) is 11.1. The van der Waals surface area contributed by atoms with Gasteiger partial charge in [0.05, 0.1) is 0 Å². The molecule has 6 heteroatoms. The molecule has 1 aliphatic rings. The minimum absolute atomic E-state index is 0.594. The summed E-state index contributed by atoms with van der Waals surface area (Å²) < 4.78 is 1.65. The normalized spacial score (nSPS) is 15.8. The SMILES string of the molecule is CCc1c(C)nc2nc(N3CCCC3)nn2c1Cl. The fourth-order valence-electron chi connectivity index (χ4n) is 2.44. The zero-order valence-electron chi connectivity index (χ0n) is 10.6. The maximum absolute atomic E-state index is 6.37. The van der Waals surface area contributed by atoms with Crippen molar-refractivity contribution >= 4 is 23.3 Å². The van der Waals surface area contributed by atoms with E-state index in [1.165, 1.54) is 12.8 Å². The van der Waals surface area contributed by atoms with Crippen LogP contribution in [0, 0.1) is 6.92 Å². The van der Waals surface area contributed by atoms with E-state index >= 15 is 0 Å². The summed E-state index contributed by atoms with van der Waals surface area (Å²) in [6.07, 6.45) is 3.26. The summed E-state index contributed by atoms with van der Waals surface area (Å²) in [5.41, 5.74) is 1.98. The molecule has 2 aromatic heterocycles. The van der Waals surface area contributed by atoms with Crippen LogP contribution in [0.15, 0.2) is 0 Å². The zero-order chi connectivity index (χ0) is 12.7. The van der Waals surface area contributed by atoms with Crippen LogP contribution in [-0.4, -0.2) is 32.7 Å². The van der Waals surface area contributed by atoms with Crippen molar-refractivity contribution in [2.45, 2.75) is 33.1 Å². The van der Waals surface area contributed by atoms with Gasteiger partial charge < -0.3 is 4.90 Å². The van der Waals surface area contributed by atoms with Crippen LogP contribution in [0.25, 0.3) is 5.78 Å². The molecule has 3 heterocycles. The number of anilines is 1. The molecule has 0 bridgehead atoms. The average Bonchev–Trinajstić information content (AvgIpc) is 2.96. The Bertz CT molecular complexity index is 586. The topological polar surface area (TPSA) is 46.3 Å². The minimum Gasteiger partial charge on any atom is -0.339 e. The van der Waals surface area contributed by atoms with E-state index in [-0.39, 0.29) is 0 Å². The third-order valence-corrected chi connectivity index (χ3v) is 3.85. The van der Waals surface area contributed by atoms with Crippen LogP contribution in [-0.2, 0) is 6.42 Å². The fourth-order valence-corrected chi connectivity index (χ4v) is 2.83. The molecular formula is C12H16ClN5. The van der Waals surface area contributed by atoms with E-state index < -0.39 is 0 Å². The van der Waals surface area contributed by atoms with Gasteiger partial charge in [0.2, 0.25) is 5.95 Å². The zero-order valence-corrected chi connectivity index (χ0v) is 11.4. The Hall–Kier alpha value is -1.36. The number of nitrogens with zero attached hydrogens (tertiary/aromatic N) is 5. The summed E-state index contributed by atoms with van der Waals surface area (Å²) >= 11 is 6.37. The lowest BCUT2D eigenvalue weighted by molar-refractivity contribution is 0.858. The van der Waals surface area contributed by atoms with Gasteiger partial charge in [-0.3, -0.25) is 0 Å². The molecule has 1 aliphatic heterocycles. The van der Waals surface area contributed by atoms with Gasteiger partial charge in [0.15, 0.2) is 0 Å². The Morgan fingerprint density at radius 3 is 2.61 bits per heavy atom. The van der Waals surface area contributed by atoms with Crippen LogP contribution >= 0.6 is 11.6 Å². The molecule has 96 valence electrons. The van der Waals surface area contributed by atoms with E-state index in [2.05, 4.69) is 26.9 Å². The summed E-state index contributed by atoms with van der Waals surface area (Å²) in [6.45, 7) is 6.08. The van der Waals surface area contributed by atoms with Crippen LogP contribution in [0.1, 0.15) is 31.0 Å². The van der Waals surface area contributed by atoms with Crippen molar-refractivity contribution in [3.63, 3.8) is 0 Å². The monoisotopic (exact) mass is 265 g/mol. The second-order valence-corrected chi connectivity index (χ2v) is 5.00. The van der Waals surface area contributed by atoms with E-state index in [0.717, 1.165) is 36.7 Å². The van der Waals surface area contributed by atoms with Gasteiger partial charge in [0, 0.05) is 24.3 Å². The molecule has 0 atom stereocenters. The van der Waals surface area contributed by atoms with Crippen LogP contribution in [0.3, 0.4) is 0 Å². The molecule has 0 unspecified atom stereocenters. The molecule has 0 aromatic carbocycles. The third-order valence-electron chi connectivity index (χ3n) is 3.46. The van der Waals surface area contributed by atoms with E-state index in [9.17, 15) is 0 Å². The van der Waals surface area contributed by atoms with Gasteiger partial charge in [-0.1, -0.05) is 18.5 Å². The molecule has 18 heavy (non-hydrogen) atoms. The van der Waals surface area contributed by atoms with E-state index in [0.29, 0.717) is 10.9 Å². The lowest BCUT2D eigenvalue weighted by Gasteiger charge is -2.10. The van der Waals surface area contributed by atoms with Gasteiger partial charge in [-0.2, -0.15) is 9.50 Å². The maximum atomic E-state index is 6.37. The number of rotatable bonds is 2. The Balaban J connectivity index is 2.13. The largest absolute Gasteiger partial charge is 0.339 e. The van der Waals surface area contributed by atoms with E-state index in [1.807, 2.05) is 6.92 Å². The Kier molecular flexibility index (Phi) is 2.86. The number of hydrogen-bond acceptors (Lipinski definition) is 4. The third kappa shape index (κ3) is 1.73. The van der Waals surface area contributed by atoms with Crippen molar-refractivity contribution < 1.29 is 0 Å². The van der Waals surface area contributed by atoms with Crippen molar-refractivity contribution in [1.29, 1.82) is 0 Å². The smallest absolute Gasteiger partial charge is 0.255 e. The second kappa shape index (κ2) is 4.39. The van der Waals surface area contributed by atoms with Gasteiger partial charge in [-0.25, -0.2) is 4.98 Å². The van der Waals surface area contributed by atoms with Crippen LogP contribution < -0.4 is 4.90 Å². The minimum atomic E-state index is 0.594. The summed E-state index contributed by atoms with van der Waals surface area (Å²) in [6, 6.07) is 0. The van der Waals surface area contributed by atoms with Crippen molar-refractivity contribution in [2.75, 3.05) is 18.0 Å². The molecule has 0 amide bonds. The first kappa shape index (κ1) is 11.7. The lowest BCUT2D eigenvalue weighted by Crippen LogP contribution is -2.19. The van der Waals surface area contributed by atoms with Crippen molar-refractivity contribution in [1.82, 2.24) is 19.6 Å². The van der Waals surface area contributed by atoms with Gasteiger partial charge in [-0.05, 0) is 26.2 Å². The van der Waals surface area contributed by atoms with E-state index in [4.69, 9.17) is 11.6 Å². The first-order chi connectivity index (χ1) is 8.70. The first-order valence-electron chi connectivity index (χ1n) is 6.37. The predicted octanol–water partition coefficient (Wildman–Crippen LogP) is 2.25. The molecule has 0 radical (unpaired) electrons. The number of hydrogen-bond donors (Lipinski definition) is 0. The van der Waals surface area contributed by atoms with Gasteiger partial charge >= 0.3 is 0 Å². The predicted molar refractivity (Wildman–Crippen MR) is 71.4 cm³/mol. The highest BCUT2D eigenvalue weighted by Gasteiger charge is 2.19. The highest BCUT2D eigenvalue weighted by Crippen LogP contribution is 2.23. The van der Waals surface area contributed by atoms with Crippen molar-refractivity contribution in [3.05, 3.63) is 16.4 Å². The van der Waals surface area contributed by atoms with E-state index in [1.54, 1.807) is 4.52 Å². The fraction of sp³-hybridized carbons (Fsp3) is 0.583. The average molecular weight is 266 g/mol. The van der Waals surface area contributed by atoms with Crippen molar-refractivity contribution in [3.8, 4) is 0 Å². The summed E-state index contributed by atoms with van der Waals surface area (Å²) in [7, 11) is 0. The van der Waals surface area contributed by atoms with Gasteiger partial charge in [0.1, 0.15) is 5.15 Å². The molecule has 1 fully saturated rings. The van der Waals surface area contributed by atoms with Gasteiger partial charge in [-0.15, -0.1) is 5.10 Å². The Labute approximate surface area is 111 Å². The molecule has 5 nitrogen and oxygen atoms in total. The number of aromatic nitrogens is 4. The number of halogens is 1. The number of fused-ring (bicyclic) bond motifs is 1. The summed E-state index contributed by atoms with van der Waals surface area (Å²) in [5, 5.41) is 5.12. The molecule has 0 aliphatic carbocycles. The number of aryl methyl sites for hydroxylation is 1. The van der Waals surface area contributed by atoms with Crippen LogP contribution in [0.4, 0.5) is 5.95 Å². The molecule has 3 rings (SSSR count). The molecule has 1 saturated heterocycles. The van der Waals surface area contributed by atoms with Crippen LogP contribution in [0.2, 0.25) is 5.15 Å². The Morgan fingerprint density at radius 2 is 1.94 bits per heavy atom. The van der Waals surface area contributed by atoms with Gasteiger partial charge in [0.25, 0.3) is 5.78 Å². The van der Waals surface area contributed by atoms with Crippen molar-refractivity contribution in [2.24, 2.45) is 0 Å². The molecule has 0 saturated carbocycles. The molecular weight excluding hydrogens is 250 g/mol. The molecule has 0 spiro atoms. The second-order valence-electron chi connectivity index (χ2n) is 4.64.